The number of para-hydroxylation sites is 2. The maximum atomic E-state index is 12.3. The van der Waals surface area contributed by atoms with Crippen LogP contribution in [0, 0.1) is 0 Å². The second kappa shape index (κ2) is 10.6. The number of anilines is 2. The lowest BCUT2D eigenvalue weighted by Crippen LogP contribution is -2.25. The molecule has 2 N–H and O–H groups in total. The molecule has 0 bridgehead atoms. The van der Waals surface area contributed by atoms with Crippen LogP contribution < -0.4 is 15.4 Å². The number of amides is 2. The van der Waals surface area contributed by atoms with E-state index in [1.165, 1.54) is 17.3 Å². The van der Waals surface area contributed by atoms with Crippen molar-refractivity contribution in [1.82, 2.24) is 0 Å². The van der Waals surface area contributed by atoms with Crippen LogP contribution in [0.15, 0.2) is 48.5 Å². The Balaban J connectivity index is 1.82. The Morgan fingerprint density at radius 2 is 1.74 bits per heavy atom. The first-order chi connectivity index (χ1) is 13.0. The number of aryl methyl sites for hydroxylation is 1. The first-order valence-electron chi connectivity index (χ1n) is 9.06. The topological polar surface area (TPSA) is 67.4 Å². The van der Waals surface area contributed by atoms with Crippen LogP contribution in [-0.4, -0.2) is 29.4 Å². The molecule has 0 fully saturated rings. The van der Waals surface area contributed by atoms with E-state index in [2.05, 4.69) is 17.6 Å². The minimum Gasteiger partial charge on any atom is -0.492 e. The zero-order chi connectivity index (χ0) is 19.6. The molecule has 2 aromatic rings. The highest BCUT2D eigenvalue weighted by Gasteiger charge is 2.16. The Hall–Kier alpha value is -2.47. The molecule has 0 aromatic heterocycles. The average molecular weight is 387 g/mol. The predicted octanol–water partition coefficient (Wildman–Crippen LogP) is 4.35. The van der Waals surface area contributed by atoms with Gasteiger partial charge >= 0.3 is 0 Å². The van der Waals surface area contributed by atoms with Crippen molar-refractivity contribution in [1.29, 1.82) is 0 Å². The number of nitrogens with one attached hydrogen (secondary N) is 2. The number of ether oxygens (including phenoxy) is 1. The Morgan fingerprint density at radius 3 is 2.41 bits per heavy atom. The third-order valence-electron chi connectivity index (χ3n) is 3.92. The molecule has 2 rings (SSSR count). The third kappa shape index (κ3) is 6.64. The van der Waals surface area contributed by atoms with E-state index in [1.807, 2.05) is 49.4 Å². The van der Waals surface area contributed by atoms with E-state index in [0.717, 1.165) is 12.1 Å². The minimum atomic E-state index is -0.344. The summed E-state index contributed by atoms with van der Waals surface area (Å²) in [5.74, 6) is 0.537. The monoisotopic (exact) mass is 386 g/mol. The summed E-state index contributed by atoms with van der Waals surface area (Å²) < 4.78 is 5.50. The molecule has 0 radical (unpaired) electrons. The van der Waals surface area contributed by atoms with Crippen molar-refractivity contribution in [3.05, 3.63) is 54.1 Å². The molecule has 0 spiro atoms. The van der Waals surface area contributed by atoms with E-state index in [-0.39, 0.29) is 22.8 Å². The highest BCUT2D eigenvalue weighted by molar-refractivity contribution is 8.01. The van der Waals surface area contributed by atoms with Crippen molar-refractivity contribution in [2.75, 3.05) is 23.0 Å². The van der Waals surface area contributed by atoms with Crippen LogP contribution in [-0.2, 0) is 16.0 Å². The van der Waals surface area contributed by atoms with E-state index in [1.54, 1.807) is 13.0 Å². The van der Waals surface area contributed by atoms with Crippen LogP contribution in [0.3, 0.4) is 0 Å². The Kier molecular flexibility index (Phi) is 8.20. The molecule has 6 heteroatoms. The van der Waals surface area contributed by atoms with Gasteiger partial charge < -0.3 is 15.4 Å². The summed E-state index contributed by atoms with van der Waals surface area (Å²) in [6.07, 6.45) is 0.960. The summed E-state index contributed by atoms with van der Waals surface area (Å²) in [5, 5.41) is 5.37. The van der Waals surface area contributed by atoms with Gasteiger partial charge in [0.25, 0.3) is 0 Å². The van der Waals surface area contributed by atoms with E-state index in [4.69, 9.17) is 4.74 Å². The maximum absolute atomic E-state index is 12.3. The van der Waals surface area contributed by atoms with Crippen LogP contribution >= 0.6 is 11.8 Å². The summed E-state index contributed by atoms with van der Waals surface area (Å²) in [4.78, 5) is 24.5. The third-order valence-corrected chi connectivity index (χ3v) is 5.07. The number of rotatable bonds is 9. The molecular weight excluding hydrogens is 360 g/mol. The van der Waals surface area contributed by atoms with Crippen molar-refractivity contribution < 1.29 is 14.3 Å². The second-order valence-corrected chi connectivity index (χ2v) is 7.30. The lowest BCUT2D eigenvalue weighted by molar-refractivity contribution is -0.115. The van der Waals surface area contributed by atoms with Gasteiger partial charge in [-0.2, -0.15) is 0 Å². The highest BCUT2D eigenvalue weighted by Crippen LogP contribution is 2.24. The van der Waals surface area contributed by atoms with E-state index >= 15 is 0 Å². The van der Waals surface area contributed by atoms with Gasteiger partial charge in [0.05, 0.1) is 23.3 Å². The molecule has 0 heterocycles. The maximum Gasteiger partial charge on any atom is 0.237 e. The molecule has 2 amide bonds. The zero-order valence-corrected chi connectivity index (χ0v) is 16.8. The van der Waals surface area contributed by atoms with E-state index in [0.29, 0.717) is 18.0 Å². The molecule has 0 unspecified atom stereocenters. The summed E-state index contributed by atoms with van der Waals surface area (Å²) in [5.41, 5.74) is 2.62. The van der Waals surface area contributed by atoms with Gasteiger partial charge in [0.2, 0.25) is 11.8 Å². The van der Waals surface area contributed by atoms with Gasteiger partial charge in [-0.25, -0.2) is 0 Å². The molecule has 0 aliphatic rings. The molecule has 0 aliphatic carbocycles. The number of thioether (sulfide) groups is 1. The molecule has 0 saturated heterocycles. The Bertz CT molecular complexity index is 762. The number of carbonyl (C=O) groups excluding carboxylic acids is 2. The average Bonchev–Trinajstić information content (AvgIpc) is 2.68. The first-order valence-corrected chi connectivity index (χ1v) is 10.1. The summed E-state index contributed by atoms with van der Waals surface area (Å²) in [6, 6.07) is 15.1. The van der Waals surface area contributed by atoms with Crippen molar-refractivity contribution in [3.8, 4) is 5.75 Å². The largest absolute Gasteiger partial charge is 0.492 e. The molecule has 5 nitrogen and oxygen atoms in total. The fraction of sp³-hybridized carbons (Fsp3) is 0.333. The van der Waals surface area contributed by atoms with Crippen LogP contribution in [0.5, 0.6) is 5.75 Å². The van der Waals surface area contributed by atoms with Crippen LogP contribution in [0.4, 0.5) is 11.4 Å². The first kappa shape index (κ1) is 20.8. The van der Waals surface area contributed by atoms with Gasteiger partial charge in [-0.15, -0.1) is 11.8 Å². The van der Waals surface area contributed by atoms with Gasteiger partial charge in [0.1, 0.15) is 5.75 Å². The van der Waals surface area contributed by atoms with Crippen molar-refractivity contribution in [3.63, 3.8) is 0 Å². The molecule has 1 atom stereocenters. The van der Waals surface area contributed by atoms with Gasteiger partial charge in [-0.1, -0.05) is 31.2 Å². The second-order valence-electron chi connectivity index (χ2n) is 5.97. The summed E-state index contributed by atoms with van der Waals surface area (Å²) in [6.45, 7) is 6.30. The minimum absolute atomic E-state index is 0.119. The molecule has 0 saturated carbocycles. The molecular formula is C21H26N2O3S. The highest BCUT2D eigenvalue weighted by atomic mass is 32.2. The van der Waals surface area contributed by atoms with Crippen LogP contribution in [0.25, 0.3) is 0 Å². The lowest BCUT2D eigenvalue weighted by atomic mass is 10.1. The Morgan fingerprint density at radius 1 is 1.04 bits per heavy atom. The summed E-state index contributed by atoms with van der Waals surface area (Å²) >= 11 is 1.29. The predicted molar refractivity (Wildman–Crippen MR) is 113 cm³/mol. The van der Waals surface area contributed by atoms with Crippen molar-refractivity contribution >= 4 is 35.0 Å². The normalized spacial score (nSPS) is 11.5. The quantitative estimate of drug-likeness (QED) is 0.672. The fourth-order valence-corrected chi connectivity index (χ4v) is 3.07. The van der Waals surface area contributed by atoms with Gasteiger partial charge in [0.15, 0.2) is 0 Å². The smallest absolute Gasteiger partial charge is 0.237 e. The number of carbonyl (C=O) groups is 2. The van der Waals surface area contributed by atoms with Gasteiger partial charge in [-0.05, 0) is 50.1 Å². The number of hydrogen-bond donors (Lipinski definition) is 2. The molecule has 0 aliphatic heterocycles. The SMILES string of the molecule is CCOc1ccccc1NC(=O)CS[C@@H](C)C(=O)Nc1ccc(CC)cc1. The standard InChI is InChI=1S/C21H26N2O3S/c1-4-16-10-12-17(13-11-16)22-21(25)15(3)27-14-20(24)23-18-8-6-7-9-19(18)26-5-2/h6-13,15H,4-5,14H2,1-3H3,(H,22,25)(H,23,24)/t15-/m0/s1. The number of hydrogen-bond acceptors (Lipinski definition) is 4. The van der Waals surface area contributed by atoms with Crippen LogP contribution in [0.2, 0.25) is 0 Å². The molecule has 144 valence electrons. The van der Waals surface area contributed by atoms with E-state index in [9.17, 15) is 9.59 Å². The van der Waals surface area contributed by atoms with E-state index < -0.39 is 0 Å². The number of benzene rings is 2. The lowest BCUT2D eigenvalue weighted by Gasteiger charge is -2.14. The van der Waals surface area contributed by atoms with Crippen molar-refractivity contribution in [2.45, 2.75) is 32.4 Å². The van der Waals surface area contributed by atoms with Crippen LogP contribution in [0.1, 0.15) is 26.3 Å². The van der Waals surface area contributed by atoms with Crippen molar-refractivity contribution in [2.24, 2.45) is 0 Å². The van der Waals surface area contributed by atoms with Gasteiger partial charge in [-0.3, -0.25) is 9.59 Å². The fourth-order valence-electron chi connectivity index (χ4n) is 2.38. The zero-order valence-electron chi connectivity index (χ0n) is 16.0. The molecule has 27 heavy (non-hydrogen) atoms. The summed E-state index contributed by atoms with van der Waals surface area (Å²) in [7, 11) is 0. The molecule has 2 aromatic carbocycles. The van der Waals surface area contributed by atoms with Gasteiger partial charge in [0, 0.05) is 5.69 Å². The Labute approximate surface area is 164 Å².